The van der Waals surface area contributed by atoms with Gasteiger partial charge in [0.15, 0.2) is 9.84 Å². The zero-order valence-corrected chi connectivity index (χ0v) is 14.3. The molecule has 4 nitrogen and oxygen atoms in total. The Labute approximate surface area is 142 Å². The molecular formula is C19H18O4S. The lowest BCUT2D eigenvalue weighted by Gasteiger charge is -2.10. The van der Waals surface area contributed by atoms with Crippen LogP contribution < -0.4 is 0 Å². The van der Waals surface area contributed by atoms with Crippen molar-refractivity contribution < 1.29 is 18.3 Å². The van der Waals surface area contributed by atoms with E-state index in [0.29, 0.717) is 5.56 Å². The van der Waals surface area contributed by atoms with E-state index in [4.69, 9.17) is 5.11 Å². The average Bonchev–Trinajstić information content (AvgIpc) is 2.54. The Morgan fingerprint density at radius 2 is 1.46 bits per heavy atom. The first kappa shape index (κ1) is 17.8. The number of aryl methyl sites for hydroxylation is 1. The predicted molar refractivity (Wildman–Crippen MR) is 92.5 cm³/mol. The number of aliphatic carboxylic acids is 1. The number of carboxylic acids is 1. The second-order valence-electron chi connectivity index (χ2n) is 5.59. The van der Waals surface area contributed by atoms with Gasteiger partial charge >= 0.3 is 5.97 Å². The first-order valence-electron chi connectivity index (χ1n) is 7.43. The summed E-state index contributed by atoms with van der Waals surface area (Å²) in [6.07, 6.45) is -0.419. The van der Waals surface area contributed by atoms with Crippen LogP contribution in [0.3, 0.4) is 0 Å². The van der Waals surface area contributed by atoms with Crippen molar-refractivity contribution in [1.82, 2.24) is 0 Å². The Bertz CT molecular complexity index is 883. The highest BCUT2D eigenvalue weighted by atomic mass is 32.2. The van der Waals surface area contributed by atoms with Crippen LogP contribution in [0.2, 0.25) is 0 Å². The van der Waals surface area contributed by atoms with Crippen molar-refractivity contribution in [3.05, 3.63) is 65.2 Å². The molecule has 0 spiro atoms. The van der Waals surface area contributed by atoms with E-state index in [-0.39, 0.29) is 4.90 Å². The number of carbonyl (C=O) groups is 1. The SMILES string of the molecule is Cc1ccc(C#Cc2ccc(S(=O)(=O)C(C)CC(=O)O)cc2)cc1. The van der Waals surface area contributed by atoms with Crippen LogP contribution in [-0.4, -0.2) is 24.7 Å². The molecule has 0 radical (unpaired) electrons. The first-order valence-corrected chi connectivity index (χ1v) is 8.98. The second kappa shape index (κ2) is 7.33. The molecule has 1 N–H and O–H groups in total. The molecule has 0 saturated carbocycles. The summed E-state index contributed by atoms with van der Waals surface area (Å²) >= 11 is 0. The van der Waals surface area contributed by atoms with E-state index in [9.17, 15) is 13.2 Å². The van der Waals surface area contributed by atoms with Crippen LogP contribution in [0.15, 0.2) is 53.4 Å². The minimum atomic E-state index is -3.65. The van der Waals surface area contributed by atoms with E-state index in [2.05, 4.69) is 11.8 Å². The van der Waals surface area contributed by atoms with Gasteiger partial charge in [-0.25, -0.2) is 8.42 Å². The summed E-state index contributed by atoms with van der Waals surface area (Å²) in [5.41, 5.74) is 2.73. The van der Waals surface area contributed by atoms with Gasteiger partial charge < -0.3 is 5.11 Å². The fourth-order valence-electron chi connectivity index (χ4n) is 2.10. The minimum absolute atomic E-state index is 0.108. The van der Waals surface area contributed by atoms with E-state index in [0.717, 1.165) is 11.1 Å². The summed E-state index contributed by atoms with van der Waals surface area (Å²) in [6.45, 7) is 3.40. The van der Waals surface area contributed by atoms with Crippen LogP contribution >= 0.6 is 0 Å². The molecule has 0 amide bonds. The summed E-state index contributed by atoms with van der Waals surface area (Å²) in [5, 5.41) is 7.78. The normalized spacial score (nSPS) is 12.1. The molecule has 0 aliphatic heterocycles. The Balaban J connectivity index is 2.19. The average molecular weight is 342 g/mol. The fourth-order valence-corrected chi connectivity index (χ4v) is 3.44. The molecule has 0 fully saturated rings. The quantitative estimate of drug-likeness (QED) is 0.867. The maximum atomic E-state index is 12.3. The summed E-state index contributed by atoms with van der Waals surface area (Å²) < 4.78 is 24.6. The lowest BCUT2D eigenvalue weighted by atomic mass is 10.1. The topological polar surface area (TPSA) is 71.4 Å². The molecule has 0 aromatic heterocycles. The molecule has 2 aromatic rings. The molecule has 2 rings (SSSR count). The molecule has 124 valence electrons. The van der Waals surface area contributed by atoms with Crippen molar-refractivity contribution in [2.24, 2.45) is 0 Å². The van der Waals surface area contributed by atoms with Gasteiger partial charge in [0.1, 0.15) is 0 Å². The van der Waals surface area contributed by atoms with Crippen molar-refractivity contribution in [1.29, 1.82) is 0 Å². The summed E-state index contributed by atoms with van der Waals surface area (Å²) in [4.78, 5) is 10.8. The lowest BCUT2D eigenvalue weighted by Crippen LogP contribution is -2.21. The monoisotopic (exact) mass is 342 g/mol. The first-order chi connectivity index (χ1) is 11.3. The minimum Gasteiger partial charge on any atom is -0.481 e. The van der Waals surface area contributed by atoms with E-state index in [1.165, 1.54) is 19.1 Å². The Kier molecular flexibility index (Phi) is 5.42. The molecule has 0 saturated heterocycles. The zero-order valence-electron chi connectivity index (χ0n) is 13.5. The van der Waals surface area contributed by atoms with Gasteiger partial charge in [-0.2, -0.15) is 0 Å². The molecule has 0 heterocycles. The van der Waals surface area contributed by atoms with Crippen LogP contribution in [0.25, 0.3) is 0 Å². The maximum Gasteiger partial charge on any atom is 0.304 e. The standard InChI is InChI=1S/C19H18O4S/c1-14-3-5-16(6-4-14)7-8-17-9-11-18(12-10-17)24(22,23)15(2)13-19(20)21/h3-6,9-12,15H,13H2,1-2H3,(H,20,21). The van der Waals surface area contributed by atoms with E-state index in [1.54, 1.807) is 12.1 Å². The second-order valence-corrected chi connectivity index (χ2v) is 7.96. The molecule has 2 aromatic carbocycles. The van der Waals surface area contributed by atoms with Gasteiger partial charge in [0.05, 0.1) is 16.6 Å². The van der Waals surface area contributed by atoms with Crippen LogP contribution in [-0.2, 0) is 14.6 Å². The van der Waals surface area contributed by atoms with Crippen molar-refractivity contribution in [3.63, 3.8) is 0 Å². The third-order valence-electron chi connectivity index (χ3n) is 3.58. The Morgan fingerprint density at radius 1 is 1.00 bits per heavy atom. The summed E-state index contributed by atoms with van der Waals surface area (Å²) in [7, 11) is -3.65. The lowest BCUT2D eigenvalue weighted by molar-refractivity contribution is -0.136. The van der Waals surface area contributed by atoms with Gasteiger partial charge in [-0.05, 0) is 50.2 Å². The number of rotatable bonds is 4. The van der Waals surface area contributed by atoms with Gasteiger partial charge in [0.2, 0.25) is 0 Å². The van der Waals surface area contributed by atoms with Crippen molar-refractivity contribution in [2.75, 3.05) is 0 Å². The summed E-state index contributed by atoms with van der Waals surface area (Å²) in [5.74, 6) is 4.87. The Hall–Kier alpha value is -2.58. The third kappa shape index (κ3) is 4.46. The van der Waals surface area contributed by atoms with E-state index in [1.807, 2.05) is 31.2 Å². The van der Waals surface area contributed by atoms with Gasteiger partial charge in [0, 0.05) is 11.1 Å². The van der Waals surface area contributed by atoms with Gasteiger partial charge in [-0.15, -0.1) is 0 Å². The Morgan fingerprint density at radius 3 is 1.92 bits per heavy atom. The number of hydrogen-bond donors (Lipinski definition) is 1. The number of benzene rings is 2. The molecular weight excluding hydrogens is 324 g/mol. The highest BCUT2D eigenvalue weighted by Crippen LogP contribution is 2.18. The molecule has 24 heavy (non-hydrogen) atoms. The van der Waals surface area contributed by atoms with Crippen molar-refractivity contribution >= 4 is 15.8 Å². The van der Waals surface area contributed by atoms with Crippen LogP contribution in [0, 0.1) is 18.8 Å². The van der Waals surface area contributed by atoms with Crippen LogP contribution in [0.5, 0.6) is 0 Å². The maximum absolute atomic E-state index is 12.3. The number of sulfone groups is 1. The van der Waals surface area contributed by atoms with Crippen LogP contribution in [0.1, 0.15) is 30.0 Å². The van der Waals surface area contributed by atoms with E-state index >= 15 is 0 Å². The predicted octanol–water partition coefficient (Wildman–Crippen LogP) is 3.03. The largest absolute Gasteiger partial charge is 0.481 e. The van der Waals surface area contributed by atoms with Gasteiger partial charge in [-0.1, -0.05) is 29.5 Å². The molecule has 1 atom stereocenters. The molecule has 0 aliphatic rings. The zero-order chi connectivity index (χ0) is 17.7. The van der Waals surface area contributed by atoms with Crippen molar-refractivity contribution in [2.45, 2.75) is 30.4 Å². The highest BCUT2D eigenvalue weighted by Gasteiger charge is 2.25. The smallest absolute Gasteiger partial charge is 0.304 e. The summed E-state index contributed by atoms with van der Waals surface area (Å²) in [6, 6.07) is 14.0. The van der Waals surface area contributed by atoms with E-state index < -0.39 is 27.5 Å². The van der Waals surface area contributed by atoms with Crippen molar-refractivity contribution in [3.8, 4) is 11.8 Å². The molecule has 5 heteroatoms. The highest BCUT2D eigenvalue weighted by molar-refractivity contribution is 7.92. The molecule has 1 unspecified atom stereocenters. The molecule has 0 bridgehead atoms. The number of carboxylic acid groups (broad SMARTS) is 1. The van der Waals surface area contributed by atoms with Gasteiger partial charge in [0.25, 0.3) is 0 Å². The van der Waals surface area contributed by atoms with Crippen LogP contribution in [0.4, 0.5) is 0 Å². The molecule has 0 aliphatic carbocycles. The van der Waals surface area contributed by atoms with Gasteiger partial charge in [-0.3, -0.25) is 4.79 Å². The fraction of sp³-hybridized carbons (Fsp3) is 0.211. The number of hydrogen-bond acceptors (Lipinski definition) is 3. The third-order valence-corrected chi connectivity index (χ3v) is 5.73.